The van der Waals surface area contributed by atoms with E-state index < -0.39 is 0 Å². The van der Waals surface area contributed by atoms with Gasteiger partial charge in [-0.25, -0.2) is 14.4 Å². The molecule has 120 valence electrons. The van der Waals surface area contributed by atoms with E-state index in [-0.39, 0.29) is 24.2 Å². The van der Waals surface area contributed by atoms with E-state index >= 15 is 0 Å². The summed E-state index contributed by atoms with van der Waals surface area (Å²) in [5.41, 5.74) is 1.18. The Hall–Kier alpha value is -3.28. The highest BCUT2D eigenvalue weighted by Gasteiger charge is 2.06. The van der Waals surface area contributed by atoms with Crippen LogP contribution in [-0.2, 0) is 11.2 Å². The minimum Gasteiger partial charge on any atom is -0.424 e. The molecule has 0 saturated heterocycles. The SMILES string of the molecule is O=C(Cc1cccc(F)c1)Nc1cccc(Oc2ncccn2)c1. The lowest BCUT2D eigenvalue weighted by Gasteiger charge is -2.08. The number of carbonyl (C=O) groups is 1. The van der Waals surface area contributed by atoms with Crippen LogP contribution in [0.25, 0.3) is 0 Å². The Kier molecular flexibility index (Phi) is 4.76. The van der Waals surface area contributed by atoms with Gasteiger partial charge in [0.15, 0.2) is 0 Å². The van der Waals surface area contributed by atoms with Crippen LogP contribution in [0.3, 0.4) is 0 Å². The van der Waals surface area contributed by atoms with Gasteiger partial charge in [0.2, 0.25) is 5.91 Å². The Morgan fingerprint density at radius 3 is 2.62 bits per heavy atom. The van der Waals surface area contributed by atoms with Gasteiger partial charge < -0.3 is 10.1 Å². The summed E-state index contributed by atoms with van der Waals surface area (Å²) >= 11 is 0. The fraction of sp³-hybridized carbons (Fsp3) is 0.0556. The van der Waals surface area contributed by atoms with Crippen LogP contribution in [0.1, 0.15) is 5.56 Å². The van der Waals surface area contributed by atoms with Gasteiger partial charge in [0.25, 0.3) is 0 Å². The highest BCUT2D eigenvalue weighted by molar-refractivity contribution is 5.92. The predicted octanol–water partition coefficient (Wildman–Crippen LogP) is 3.59. The summed E-state index contributed by atoms with van der Waals surface area (Å²) in [6.07, 6.45) is 3.24. The minimum absolute atomic E-state index is 0.0879. The van der Waals surface area contributed by atoms with Crippen LogP contribution in [0.2, 0.25) is 0 Å². The average Bonchev–Trinajstić information content (AvgIpc) is 2.56. The van der Waals surface area contributed by atoms with Crippen LogP contribution in [0.4, 0.5) is 10.1 Å². The van der Waals surface area contributed by atoms with Gasteiger partial charge in [0.05, 0.1) is 6.42 Å². The van der Waals surface area contributed by atoms with Crippen LogP contribution in [0.5, 0.6) is 11.8 Å². The first-order valence-corrected chi connectivity index (χ1v) is 7.28. The lowest BCUT2D eigenvalue weighted by molar-refractivity contribution is -0.115. The van der Waals surface area contributed by atoms with Crippen LogP contribution in [0.15, 0.2) is 67.0 Å². The molecule has 0 atom stereocenters. The molecule has 24 heavy (non-hydrogen) atoms. The number of carbonyl (C=O) groups excluding carboxylic acids is 1. The molecular weight excluding hydrogens is 309 g/mol. The fourth-order valence-electron chi connectivity index (χ4n) is 2.12. The maximum absolute atomic E-state index is 13.1. The summed E-state index contributed by atoms with van der Waals surface area (Å²) in [4.78, 5) is 20.0. The quantitative estimate of drug-likeness (QED) is 0.779. The first-order valence-electron chi connectivity index (χ1n) is 7.28. The Balaban J connectivity index is 1.65. The van der Waals surface area contributed by atoms with Gasteiger partial charge in [-0.2, -0.15) is 0 Å². The van der Waals surface area contributed by atoms with Gasteiger partial charge >= 0.3 is 6.01 Å². The second kappa shape index (κ2) is 7.32. The zero-order valence-corrected chi connectivity index (χ0v) is 12.6. The van der Waals surface area contributed by atoms with Crippen molar-refractivity contribution in [3.8, 4) is 11.8 Å². The van der Waals surface area contributed by atoms with Gasteiger partial charge in [-0.05, 0) is 35.9 Å². The molecule has 0 spiro atoms. The molecule has 0 fully saturated rings. The lowest BCUT2D eigenvalue weighted by Crippen LogP contribution is -2.14. The summed E-state index contributed by atoms with van der Waals surface area (Å²) in [7, 11) is 0. The first-order chi connectivity index (χ1) is 11.7. The molecule has 1 N–H and O–H groups in total. The third kappa shape index (κ3) is 4.36. The van der Waals surface area contributed by atoms with Crippen molar-refractivity contribution >= 4 is 11.6 Å². The molecular formula is C18H14FN3O2. The number of ether oxygens (including phenoxy) is 1. The van der Waals surface area contributed by atoms with Crippen molar-refractivity contribution in [2.24, 2.45) is 0 Å². The van der Waals surface area contributed by atoms with E-state index in [1.807, 2.05) is 0 Å². The normalized spacial score (nSPS) is 10.2. The lowest BCUT2D eigenvalue weighted by atomic mass is 10.1. The summed E-state index contributed by atoms with van der Waals surface area (Å²) < 4.78 is 18.7. The highest BCUT2D eigenvalue weighted by Crippen LogP contribution is 2.21. The van der Waals surface area contributed by atoms with Crippen molar-refractivity contribution < 1.29 is 13.9 Å². The van der Waals surface area contributed by atoms with Crippen molar-refractivity contribution in [1.82, 2.24) is 9.97 Å². The van der Waals surface area contributed by atoms with Crippen LogP contribution in [0, 0.1) is 5.82 Å². The number of hydrogen-bond donors (Lipinski definition) is 1. The third-order valence-corrected chi connectivity index (χ3v) is 3.12. The topological polar surface area (TPSA) is 64.1 Å². The van der Waals surface area contributed by atoms with E-state index in [9.17, 15) is 9.18 Å². The number of hydrogen-bond acceptors (Lipinski definition) is 4. The largest absolute Gasteiger partial charge is 0.424 e. The van der Waals surface area contributed by atoms with Crippen molar-refractivity contribution in [3.63, 3.8) is 0 Å². The fourth-order valence-corrected chi connectivity index (χ4v) is 2.12. The highest BCUT2D eigenvalue weighted by atomic mass is 19.1. The molecule has 2 aromatic carbocycles. The number of amides is 1. The monoisotopic (exact) mass is 323 g/mol. The number of anilines is 1. The smallest absolute Gasteiger partial charge is 0.321 e. The van der Waals surface area contributed by atoms with Crippen LogP contribution >= 0.6 is 0 Å². The first kappa shape index (κ1) is 15.6. The average molecular weight is 323 g/mol. The summed E-state index contributed by atoms with van der Waals surface area (Å²) in [5, 5.41) is 2.75. The molecule has 0 bridgehead atoms. The summed E-state index contributed by atoms with van der Waals surface area (Å²) in [5.74, 6) is -0.1000. The molecule has 0 aliphatic heterocycles. The summed E-state index contributed by atoms with van der Waals surface area (Å²) in [6, 6.07) is 14.8. The molecule has 0 aliphatic rings. The van der Waals surface area contributed by atoms with Gasteiger partial charge in [0, 0.05) is 24.1 Å². The maximum Gasteiger partial charge on any atom is 0.321 e. The van der Waals surface area contributed by atoms with E-state index in [1.165, 1.54) is 12.1 Å². The van der Waals surface area contributed by atoms with E-state index in [0.717, 1.165) is 0 Å². The molecule has 5 nitrogen and oxygen atoms in total. The van der Waals surface area contributed by atoms with Crippen molar-refractivity contribution in [1.29, 1.82) is 0 Å². The Morgan fingerprint density at radius 1 is 1.04 bits per heavy atom. The minimum atomic E-state index is -0.362. The van der Waals surface area contributed by atoms with Crippen LogP contribution < -0.4 is 10.1 Å². The molecule has 3 aromatic rings. The number of nitrogens with one attached hydrogen (secondary N) is 1. The van der Waals surface area contributed by atoms with Crippen LogP contribution in [-0.4, -0.2) is 15.9 Å². The van der Waals surface area contributed by atoms with Gasteiger partial charge in [-0.15, -0.1) is 0 Å². The molecule has 1 aromatic heterocycles. The molecule has 1 amide bonds. The molecule has 0 radical (unpaired) electrons. The number of aromatic nitrogens is 2. The van der Waals surface area contributed by atoms with Gasteiger partial charge in [-0.1, -0.05) is 18.2 Å². The zero-order valence-electron chi connectivity index (χ0n) is 12.6. The van der Waals surface area contributed by atoms with Crippen molar-refractivity contribution in [2.45, 2.75) is 6.42 Å². The zero-order chi connectivity index (χ0) is 16.8. The number of nitrogens with zero attached hydrogens (tertiary/aromatic N) is 2. The number of rotatable bonds is 5. The molecule has 0 saturated carbocycles. The second-order valence-corrected chi connectivity index (χ2v) is 5.02. The molecule has 6 heteroatoms. The number of benzene rings is 2. The Labute approximate surface area is 138 Å². The third-order valence-electron chi connectivity index (χ3n) is 3.12. The second-order valence-electron chi connectivity index (χ2n) is 5.02. The standard InChI is InChI=1S/C18H14FN3O2/c19-14-5-1-4-13(10-14)11-17(23)22-15-6-2-7-16(12-15)24-18-20-8-3-9-21-18/h1-10,12H,11H2,(H,22,23). The molecule has 0 aliphatic carbocycles. The van der Waals surface area contributed by atoms with E-state index in [0.29, 0.717) is 17.0 Å². The predicted molar refractivity (Wildman–Crippen MR) is 87.3 cm³/mol. The Morgan fingerprint density at radius 2 is 1.83 bits per heavy atom. The summed E-state index contributed by atoms with van der Waals surface area (Å²) in [6.45, 7) is 0. The van der Waals surface area contributed by atoms with Gasteiger partial charge in [0.1, 0.15) is 11.6 Å². The van der Waals surface area contributed by atoms with Crippen molar-refractivity contribution in [3.05, 3.63) is 78.4 Å². The van der Waals surface area contributed by atoms with Gasteiger partial charge in [-0.3, -0.25) is 4.79 Å². The Bertz CT molecular complexity index is 840. The van der Waals surface area contributed by atoms with Crippen molar-refractivity contribution in [2.75, 3.05) is 5.32 Å². The van der Waals surface area contributed by atoms with E-state index in [4.69, 9.17) is 4.74 Å². The maximum atomic E-state index is 13.1. The number of halogens is 1. The molecule has 1 heterocycles. The molecule has 0 unspecified atom stereocenters. The van der Waals surface area contributed by atoms with E-state index in [2.05, 4.69) is 15.3 Å². The molecule has 3 rings (SSSR count). The van der Waals surface area contributed by atoms with E-state index in [1.54, 1.807) is 54.9 Å².